The molecule has 3 rings (SSSR count). The number of benzene rings is 3. The maximum absolute atomic E-state index is 14.3. The number of carbonyl (C=O) groups excluding carboxylic acids is 2. The number of amides is 2. The maximum atomic E-state index is 14.3. The van der Waals surface area contributed by atoms with E-state index in [0.717, 1.165) is 11.0 Å². The van der Waals surface area contributed by atoms with Crippen LogP contribution in [0.1, 0.15) is 41.5 Å². The second-order valence-electron chi connectivity index (χ2n) is 7.56. The van der Waals surface area contributed by atoms with Gasteiger partial charge in [0.2, 0.25) is 5.91 Å². The van der Waals surface area contributed by atoms with E-state index in [1.54, 1.807) is 6.07 Å². The van der Waals surface area contributed by atoms with E-state index in [9.17, 15) is 22.8 Å². The molecular weight excluding hydrogens is 516 g/mol. The summed E-state index contributed by atoms with van der Waals surface area (Å²) in [5.74, 6) is -5.59. The predicted octanol–water partition coefficient (Wildman–Crippen LogP) is 7.24. The summed E-state index contributed by atoms with van der Waals surface area (Å²) in [5, 5.41) is 0.165. The van der Waals surface area contributed by atoms with Gasteiger partial charge < -0.3 is 15.4 Å². The Hall–Kier alpha value is -3.23. The first-order chi connectivity index (χ1) is 16.9. The third-order valence-corrected chi connectivity index (χ3v) is 5.49. The summed E-state index contributed by atoms with van der Waals surface area (Å²) >= 11 is 12.3. The van der Waals surface area contributed by atoms with Crippen LogP contribution in [0, 0.1) is 5.82 Å². The molecule has 0 aliphatic heterocycles. The smallest absolute Gasteiger partial charge is 0.278 e. The van der Waals surface area contributed by atoms with Crippen LogP contribution in [0.15, 0.2) is 54.6 Å². The van der Waals surface area contributed by atoms with Crippen molar-refractivity contribution < 1.29 is 27.5 Å². The van der Waals surface area contributed by atoms with Crippen molar-refractivity contribution in [1.82, 2.24) is 0 Å². The molecule has 0 unspecified atom stereocenters. The molecule has 0 aromatic heterocycles. The van der Waals surface area contributed by atoms with Crippen LogP contribution in [-0.2, 0) is 0 Å². The van der Waals surface area contributed by atoms with Crippen molar-refractivity contribution in [3.8, 4) is 16.9 Å². The van der Waals surface area contributed by atoms with Crippen LogP contribution in [-0.4, -0.2) is 31.4 Å². The minimum atomic E-state index is -3.17. The molecule has 0 atom stereocenters. The highest BCUT2D eigenvalue weighted by molar-refractivity contribution is 6.34. The summed E-state index contributed by atoms with van der Waals surface area (Å²) in [5.41, 5.74) is 6.04. The van der Waals surface area contributed by atoms with Gasteiger partial charge in [0.05, 0.1) is 16.3 Å². The molecule has 2 N–H and O–H groups in total. The van der Waals surface area contributed by atoms with Gasteiger partial charge in [-0.25, -0.2) is 13.2 Å². The molecule has 36 heavy (non-hydrogen) atoms. The zero-order valence-electron chi connectivity index (χ0n) is 20.0. The summed E-state index contributed by atoms with van der Waals surface area (Å²) in [6, 6.07) is 12.5. The number of primary amides is 1. The fraction of sp³-hybridized carbons (Fsp3) is 0.231. The molecule has 0 aliphatic rings. The van der Waals surface area contributed by atoms with Gasteiger partial charge >= 0.3 is 0 Å². The topological polar surface area (TPSA) is 72.6 Å². The lowest BCUT2D eigenvalue weighted by molar-refractivity contribution is -0.0227. The molecule has 0 spiro atoms. The highest BCUT2D eigenvalue weighted by atomic mass is 35.5. The van der Waals surface area contributed by atoms with E-state index in [1.807, 2.05) is 13.8 Å². The quantitative estimate of drug-likeness (QED) is 0.343. The highest BCUT2D eigenvalue weighted by Crippen LogP contribution is 2.37. The van der Waals surface area contributed by atoms with E-state index in [0.29, 0.717) is 18.1 Å². The van der Waals surface area contributed by atoms with E-state index in [-0.39, 0.29) is 32.6 Å². The first-order valence-electron chi connectivity index (χ1n) is 10.9. The third kappa shape index (κ3) is 6.92. The number of anilines is 1. The van der Waals surface area contributed by atoms with E-state index < -0.39 is 30.2 Å². The van der Waals surface area contributed by atoms with Crippen molar-refractivity contribution in [2.75, 3.05) is 18.6 Å². The van der Waals surface area contributed by atoms with Crippen molar-refractivity contribution >= 4 is 40.7 Å². The fourth-order valence-electron chi connectivity index (χ4n) is 3.16. The van der Waals surface area contributed by atoms with Gasteiger partial charge in [-0.2, -0.15) is 0 Å². The maximum Gasteiger partial charge on any atom is 0.278 e. The Morgan fingerprint density at radius 2 is 1.69 bits per heavy atom. The molecule has 0 heterocycles. The molecular formula is C26H25Cl2F3N2O3. The number of ether oxygens (including phenoxy) is 1. The van der Waals surface area contributed by atoms with Crippen molar-refractivity contribution in [3.63, 3.8) is 0 Å². The number of nitrogens with zero attached hydrogens (tertiary/aromatic N) is 1. The zero-order valence-corrected chi connectivity index (χ0v) is 21.6. The SMILES string of the molecule is CC.CN(C(=O)c1c(F)cccc1Cl)c1ccc(-c2cc(C(N)=O)ccc2Cl)cc1OCC(C)(F)F. The number of halogens is 5. The largest absolute Gasteiger partial charge is 0.485 e. The summed E-state index contributed by atoms with van der Waals surface area (Å²) in [6.45, 7) is 3.69. The summed E-state index contributed by atoms with van der Waals surface area (Å²) in [6.07, 6.45) is 0. The minimum absolute atomic E-state index is 0.0829. The second kappa shape index (κ2) is 12.1. The Bertz CT molecular complexity index is 1240. The summed E-state index contributed by atoms with van der Waals surface area (Å²) < 4.78 is 46.8. The first kappa shape index (κ1) is 29.0. The first-order valence-corrected chi connectivity index (χ1v) is 11.6. The lowest BCUT2D eigenvalue weighted by atomic mass is 10.0. The third-order valence-electron chi connectivity index (χ3n) is 4.85. The van der Waals surface area contributed by atoms with E-state index in [2.05, 4.69) is 0 Å². The number of alkyl halides is 2. The van der Waals surface area contributed by atoms with Gasteiger partial charge in [0, 0.05) is 30.1 Å². The molecule has 3 aromatic carbocycles. The second-order valence-corrected chi connectivity index (χ2v) is 8.38. The van der Waals surface area contributed by atoms with Crippen LogP contribution in [0.4, 0.5) is 18.9 Å². The van der Waals surface area contributed by atoms with Crippen LogP contribution in [0.5, 0.6) is 5.75 Å². The van der Waals surface area contributed by atoms with E-state index >= 15 is 0 Å². The zero-order chi connectivity index (χ0) is 27.2. The number of nitrogens with two attached hydrogens (primary N) is 1. The number of rotatable bonds is 7. The summed E-state index contributed by atoms with van der Waals surface area (Å²) in [7, 11) is 1.33. The Labute approximate surface area is 217 Å². The standard InChI is InChI=1S/C24H19Cl2F3N2O3.C2H6/c1-24(28,29)12-34-20-11-13(15-10-14(22(30)32)6-8-16(15)25)7-9-19(20)31(2)23(33)21-17(26)4-3-5-18(21)27;1-2/h3-11H,12H2,1-2H3,(H2,30,32);1-2H3. The number of carbonyl (C=O) groups is 2. The van der Waals surface area contributed by atoms with Crippen LogP contribution in [0.3, 0.4) is 0 Å². The lowest BCUT2D eigenvalue weighted by Crippen LogP contribution is -2.29. The molecule has 192 valence electrons. The van der Waals surface area contributed by atoms with Crippen LogP contribution >= 0.6 is 23.2 Å². The molecule has 0 saturated heterocycles. The molecule has 0 aliphatic carbocycles. The van der Waals surface area contributed by atoms with Crippen molar-refractivity contribution in [2.24, 2.45) is 5.73 Å². The lowest BCUT2D eigenvalue weighted by Gasteiger charge is -2.23. The molecule has 0 bridgehead atoms. The van der Waals surface area contributed by atoms with Crippen molar-refractivity contribution in [3.05, 3.63) is 81.6 Å². The van der Waals surface area contributed by atoms with Gasteiger partial charge in [0.1, 0.15) is 11.6 Å². The predicted molar refractivity (Wildman–Crippen MR) is 137 cm³/mol. The normalized spacial score (nSPS) is 10.8. The average molecular weight is 541 g/mol. The molecule has 0 saturated carbocycles. The van der Waals surface area contributed by atoms with E-state index in [4.69, 9.17) is 33.7 Å². The molecule has 0 radical (unpaired) electrons. The Morgan fingerprint density at radius 3 is 2.28 bits per heavy atom. The molecule has 2 amide bonds. The van der Waals surface area contributed by atoms with Gasteiger partial charge in [-0.15, -0.1) is 0 Å². The Morgan fingerprint density at radius 1 is 1.03 bits per heavy atom. The van der Waals surface area contributed by atoms with Gasteiger partial charge in [-0.3, -0.25) is 9.59 Å². The van der Waals surface area contributed by atoms with Crippen LogP contribution in [0.2, 0.25) is 10.0 Å². The molecule has 10 heteroatoms. The summed E-state index contributed by atoms with van der Waals surface area (Å²) in [4.78, 5) is 25.6. The van der Waals surface area contributed by atoms with Gasteiger partial charge in [-0.1, -0.05) is 49.2 Å². The van der Waals surface area contributed by atoms with Gasteiger partial charge in [-0.05, 0) is 48.0 Å². The average Bonchev–Trinajstić information content (AvgIpc) is 2.83. The van der Waals surface area contributed by atoms with Crippen LogP contribution in [0.25, 0.3) is 11.1 Å². The monoisotopic (exact) mass is 540 g/mol. The number of hydrogen-bond acceptors (Lipinski definition) is 3. The molecule has 0 fully saturated rings. The molecule has 3 aromatic rings. The Balaban J connectivity index is 0.00000222. The van der Waals surface area contributed by atoms with Crippen molar-refractivity contribution in [1.29, 1.82) is 0 Å². The molecule has 5 nitrogen and oxygen atoms in total. The fourth-order valence-corrected chi connectivity index (χ4v) is 3.63. The highest BCUT2D eigenvalue weighted by Gasteiger charge is 2.26. The van der Waals surface area contributed by atoms with Gasteiger partial charge in [0.15, 0.2) is 6.61 Å². The van der Waals surface area contributed by atoms with E-state index in [1.165, 1.54) is 49.5 Å². The van der Waals surface area contributed by atoms with Gasteiger partial charge in [0.25, 0.3) is 11.8 Å². The minimum Gasteiger partial charge on any atom is -0.485 e. The van der Waals surface area contributed by atoms with Crippen molar-refractivity contribution in [2.45, 2.75) is 26.7 Å². The van der Waals surface area contributed by atoms with Crippen LogP contribution < -0.4 is 15.4 Å². The number of hydrogen-bond donors (Lipinski definition) is 1. The Kier molecular flexibility index (Phi) is 9.78.